The summed E-state index contributed by atoms with van der Waals surface area (Å²) >= 11 is 0. The van der Waals surface area contributed by atoms with Crippen LogP contribution in [0.25, 0.3) is 17.2 Å². The third kappa shape index (κ3) is 2.07. The number of pyridine rings is 2. The number of aromatic nitrogens is 2. The number of fused-ring (bicyclic) bond motifs is 3. The molecule has 0 radical (unpaired) electrons. The summed E-state index contributed by atoms with van der Waals surface area (Å²) in [6, 6.07) is 6.26. The quantitative estimate of drug-likeness (QED) is 0.510. The number of anilines is 1. The number of hydrogen-bond acceptors (Lipinski definition) is 3. The molecule has 0 fully saturated rings. The molecule has 3 aromatic heterocycles. The molecule has 4 rings (SSSR count). The van der Waals surface area contributed by atoms with Crippen LogP contribution in [0.4, 0.5) is 5.88 Å². The fourth-order valence-corrected chi connectivity index (χ4v) is 3.30. The Morgan fingerprint density at radius 2 is 2.09 bits per heavy atom. The van der Waals surface area contributed by atoms with Crippen LogP contribution in [0.15, 0.2) is 41.0 Å². The van der Waals surface area contributed by atoms with Gasteiger partial charge in [0.05, 0.1) is 0 Å². The third-order valence-corrected chi connectivity index (χ3v) is 4.75. The van der Waals surface area contributed by atoms with E-state index >= 15 is 0 Å². The molecule has 4 heterocycles. The zero-order chi connectivity index (χ0) is 16.1. The molecule has 0 N–H and O–H groups in total. The highest BCUT2D eigenvalue weighted by Crippen LogP contribution is 2.34. The highest BCUT2D eigenvalue weighted by atomic mass is 16.4. The first-order chi connectivity index (χ1) is 11.1. The van der Waals surface area contributed by atoms with Crippen molar-refractivity contribution in [1.29, 1.82) is 0 Å². The molecule has 0 spiro atoms. The number of nitrogens with zero attached hydrogens (tertiary/aromatic N) is 3. The number of hydrogen-bond donors (Lipinski definition) is 0. The minimum absolute atomic E-state index is 0.146. The van der Waals surface area contributed by atoms with E-state index in [9.17, 15) is 0 Å². The van der Waals surface area contributed by atoms with E-state index in [0.29, 0.717) is 5.71 Å². The molecule has 4 nitrogen and oxygen atoms in total. The lowest BCUT2D eigenvalue weighted by Gasteiger charge is -2.24. The van der Waals surface area contributed by atoms with E-state index in [4.69, 9.17) is 4.42 Å². The van der Waals surface area contributed by atoms with E-state index in [1.54, 1.807) is 6.20 Å². The van der Waals surface area contributed by atoms with Gasteiger partial charge in [-0.2, -0.15) is 0 Å². The van der Waals surface area contributed by atoms with Gasteiger partial charge >= 0.3 is 6.85 Å². The molecule has 0 aliphatic carbocycles. The van der Waals surface area contributed by atoms with Crippen LogP contribution in [0.1, 0.15) is 16.7 Å². The molecule has 5 heteroatoms. The monoisotopic (exact) mass is 304 g/mol. The number of rotatable bonds is 1. The molecular weight excluding hydrogens is 285 g/mol. The van der Waals surface area contributed by atoms with Gasteiger partial charge in [-0.1, -0.05) is 12.1 Å². The number of furan rings is 1. The van der Waals surface area contributed by atoms with Crippen LogP contribution in [-0.2, 0) is 7.05 Å². The van der Waals surface area contributed by atoms with Gasteiger partial charge in [0, 0.05) is 28.8 Å². The van der Waals surface area contributed by atoms with Crippen molar-refractivity contribution in [1.82, 2.24) is 4.98 Å². The van der Waals surface area contributed by atoms with Crippen molar-refractivity contribution >= 4 is 35.5 Å². The summed E-state index contributed by atoms with van der Waals surface area (Å²) < 4.78 is 8.20. The van der Waals surface area contributed by atoms with Crippen molar-refractivity contribution in [2.45, 2.75) is 13.8 Å². The van der Waals surface area contributed by atoms with Crippen molar-refractivity contribution in [2.24, 2.45) is 7.05 Å². The molecule has 1 aliphatic heterocycles. The van der Waals surface area contributed by atoms with E-state index in [-0.39, 0.29) is 6.85 Å². The first-order valence-electron chi connectivity index (χ1n) is 7.81. The summed E-state index contributed by atoms with van der Waals surface area (Å²) in [5.41, 5.74) is 5.65. The van der Waals surface area contributed by atoms with Crippen LogP contribution in [0.2, 0.25) is 0 Å². The lowest BCUT2D eigenvalue weighted by molar-refractivity contribution is -0.654. The second kappa shape index (κ2) is 4.98. The topological polar surface area (TPSA) is 33.2 Å². The fourth-order valence-electron chi connectivity index (χ4n) is 3.30. The smallest absolute Gasteiger partial charge is 0.398 e. The van der Waals surface area contributed by atoms with Crippen molar-refractivity contribution in [3.63, 3.8) is 0 Å². The van der Waals surface area contributed by atoms with Crippen LogP contribution in [-0.4, -0.2) is 18.9 Å². The molecule has 0 atom stereocenters. The van der Waals surface area contributed by atoms with Gasteiger partial charge in [-0.25, -0.2) is 9.55 Å². The summed E-state index contributed by atoms with van der Waals surface area (Å²) in [4.78, 5) is 6.51. The van der Waals surface area contributed by atoms with Crippen LogP contribution >= 0.6 is 0 Å². The van der Waals surface area contributed by atoms with Crippen LogP contribution in [0, 0.1) is 13.8 Å². The Balaban J connectivity index is 1.85. The first-order valence-corrected chi connectivity index (χ1v) is 7.81. The average Bonchev–Trinajstić information content (AvgIpc) is 2.92. The number of aryl methyl sites for hydroxylation is 3. The van der Waals surface area contributed by atoms with E-state index < -0.39 is 0 Å². The molecule has 3 aromatic rings. The predicted molar refractivity (Wildman–Crippen MR) is 93.9 cm³/mol. The van der Waals surface area contributed by atoms with Gasteiger partial charge in [-0.15, -0.1) is 0 Å². The van der Waals surface area contributed by atoms with Gasteiger partial charge in [0.15, 0.2) is 17.7 Å². The van der Waals surface area contributed by atoms with E-state index in [0.717, 1.165) is 16.8 Å². The van der Waals surface area contributed by atoms with Crippen LogP contribution in [0.3, 0.4) is 0 Å². The zero-order valence-electron chi connectivity index (χ0n) is 13.9. The minimum atomic E-state index is 0.146. The minimum Gasteiger partial charge on any atom is -0.423 e. The Morgan fingerprint density at radius 3 is 2.91 bits per heavy atom. The van der Waals surface area contributed by atoms with Gasteiger partial charge < -0.3 is 9.23 Å². The molecule has 1 aliphatic rings. The Labute approximate surface area is 136 Å². The summed E-state index contributed by atoms with van der Waals surface area (Å²) in [7, 11) is 4.17. The van der Waals surface area contributed by atoms with Gasteiger partial charge in [0.2, 0.25) is 5.71 Å². The van der Waals surface area contributed by atoms with E-state index in [2.05, 4.69) is 72.7 Å². The molecule has 0 saturated heterocycles. The molecule has 0 aromatic carbocycles. The molecule has 0 unspecified atom stereocenters. The first kappa shape index (κ1) is 14.1. The van der Waals surface area contributed by atoms with Crippen molar-refractivity contribution in [3.05, 3.63) is 53.3 Å². The fraction of sp³-hybridized carbons (Fsp3) is 0.222. The normalized spacial score (nSPS) is 13.7. The highest BCUT2D eigenvalue weighted by molar-refractivity contribution is 6.80. The Hall–Kier alpha value is -2.56. The summed E-state index contributed by atoms with van der Waals surface area (Å²) in [5, 5.41) is 1.06. The average molecular weight is 304 g/mol. The summed E-state index contributed by atoms with van der Waals surface area (Å²) in [6.07, 6.45) is 6.10. The molecule has 0 amide bonds. The predicted octanol–water partition coefficient (Wildman–Crippen LogP) is 2.17. The maximum absolute atomic E-state index is 6.00. The molecule has 114 valence electrons. The SMILES string of the molecule is Cc1cc(B2C=Cc3c(oc4ncccc34)N2C)[n+](C)cc1C. The lowest BCUT2D eigenvalue weighted by atomic mass is 9.55. The molecule has 0 saturated carbocycles. The Bertz CT molecular complexity index is 945. The standard InChI is InChI=1S/C18H19BN3O/c1-12-10-16(21(3)11-13(12)2)19-8-7-15-14-6-5-9-20-17(14)23-18(15)22(19)4/h5-11H,1-4H3/q+1. The van der Waals surface area contributed by atoms with E-state index in [1.807, 2.05) is 6.07 Å². The molecular formula is C18H19BN3O+. The zero-order valence-corrected chi connectivity index (χ0v) is 13.9. The summed E-state index contributed by atoms with van der Waals surface area (Å²) in [6.45, 7) is 4.44. The third-order valence-electron chi connectivity index (χ3n) is 4.75. The van der Waals surface area contributed by atoms with Crippen molar-refractivity contribution in [2.75, 3.05) is 11.9 Å². The van der Waals surface area contributed by atoms with Gasteiger partial charge in [-0.3, -0.25) is 0 Å². The maximum atomic E-state index is 6.00. The summed E-state index contributed by atoms with van der Waals surface area (Å²) in [5.74, 6) is 3.11. The highest BCUT2D eigenvalue weighted by Gasteiger charge is 2.35. The van der Waals surface area contributed by atoms with Crippen molar-refractivity contribution < 1.29 is 8.98 Å². The Morgan fingerprint density at radius 1 is 1.26 bits per heavy atom. The van der Waals surface area contributed by atoms with E-state index in [1.165, 1.54) is 16.7 Å². The Kier molecular flexibility index (Phi) is 3.05. The van der Waals surface area contributed by atoms with Gasteiger partial charge in [0.25, 0.3) is 0 Å². The van der Waals surface area contributed by atoms with Crippen molar-refractivity contribution in [3.8, 4) is 0 Å². The maximum Gasteiger partial charge on any atom is 0.398 e. The largest absolute Gasteiger partial charge is 0.423 e. The molecule has 23 heavy (non-hydrogen) atoms. The van der Waals surface area contributed by atoms with Crippen LogP contribution < -0.4 is 15.0 Å². The lowest BCUT2D eigenvalue weighted by Crippen LogP contribution is -2.60. The second-order valence-electron chi connectivity index (χ2n) is 6.27. The van der Waals surface area contributed by atoms with Crippen LogP contribution in [0.5, 0.6) is 0 Å². The van der Waals surface area contributed by atoms with Gasteiger partial charge in [0.1, 0.15) is 7.05 Å². The molecule has 0 bridgehead atoms. The van der Waals surface area contributed by atoms with Gasteiger partial charge in [-0.05, 0) is 38.6 Å². The second-order valence-corrected chi connectivity index (χ2v) is 6.27.